The Morgan fingerprint density at radius 2 is 1.73 bits per heavy atom. The highest BCUT2D eigenvalue weighted by molar-refractivity contribution is 5.20. The van der Waals surface area contributed by atoms with Gasteiger partial charge in [0.05, 0.1) is 0 Å². The van der Waals surface area contributed by atoms with Crippen LogP contribution in [0.3, 0.4) is 0 Å². The predicted octanol–water partition coefficient (Wildman–Crippen LogP) is 3.30. The lowest BCUT2D eigenvalue weighted by molar-refractivity contribution is 0.502. The van der Waals surface area contributed by atoms with E-state index in [4.69, 9.17) is 5.73 Å². The van der Waals surface area contributed by atoms with E-state index in [0.29, 0.717) is 18.4 Å². The normalized spacial score (nSPS) is 13.1. The molecule has 0 saturated carbocycles. The van der Waals surface area contributed by atoms with Gasteiger partial charge in [0, 0.05) is 0 Å². The molecule has 0 heterocycles. The van der Waals surface area contributed by atoms with Crippen LogP contribution in [0, 0.1) is 11.7 Å². The van der Waals surface area contributed by atoms with E-state index in [0.717, 1.165) is 12.0 Å². The van der Waals surface area contributed by atoms with Gasteiger partial charge in [0.25, 0.3) is 0 Å². The van der Waals surface area contributed by atoms with Crippen molar-refractivity contribution >= 4 is 0 Å². The number of hydrogen-bond donors (Lipinski definition) is 1. The van der Waals surface area contributed by atoms with E-state index < -0.39 is 0 Å². The average molecular weight is 209 g/mol. The number of nitrogens with two attached hydrogens (primary N) is 1. The van der Waals surface area contributed by atoms with Crippen LogP contribution in [0.5, 0.6) is 0 Å². The van der Waals surface area contributed by atoms with Gasteiger partial charge in [-0.25, -0.2) is 4.39 Å². The van der Waals surface area contributed by atoms with E-state index >= 15 is 0 Å². The maximum Gasteiger partial charge on any atom is 0.123 e. The van der Waals surface area contributed by atoms with Crippen molar-refractivity contribution in [3.8, 4) is 0 Å². The van der Waals surface area contributed by atoms with E-state index in [-0.39, 0.29) is 5.82 Å². The first-order valence-electron chi connectivity index (χ1n) is 5.59. The number of hydrogen-bond acceptors (Lipinski definition) is 1. The summed E-state index contributed by atoms with van der Waals surface area (Å²) in [4.78, 5) is 0. The Hall–Kier alpha value is -0.890. The van der Waals surface area contributed by atoms with Crippen molar-refractivity contribution < 1.29 is 4.39 Å². The van der Waals surface area contributed by atoms with Gasteiger partial charge < -0.3 is 5.73 Å². The zero-order valence-corrected chi connectivity index (χ0v) is 9.54. The summed E-state index contributed by atoms with van der Waals surface area (Å²) in [6, 6.07) is 6.70. The second-order valence-electron chi connectivity index (χ2n) is 4.46. The van der Waals surface area contributed by atoms with Crippen LogP contribution in [0.25, 0.3) is 0 Å². The maximum atomic E-state index is 12.7. The molecular formula is C13H20FN. The average Bonchev–Trinajstić information content (AvgIpc) is 2.21. The molecule has 0 spiro atoms. The van der Waals surface area contributed by atoms with E-state index in [2.05, 4.69) is 13.8 Å². The molecule has 0 aliphatic heterocycles. The summed E-state index contributed by atoms with van der Waals surface area (Å²) in [7, 11) is 0. The molecule has 0 fully saturated rings. The second kappa shape index (κ2) is 5.86. The van der Waals surface area contributed by atoms with Gasteiger partial charge in [-0.15, -0.1) is 0 Å². The van der Waals surface area contributed by atoms with Gasteiger partial charge >= 0.3 is 0 Å². The van der Waals surface area contributed by atoms with Gasteiger partial charge in [0.15, 0.2) is 0 Å². The van der Waals surface area contributed by atoms with E-state index in [1.54, 1.807) is 0 Å². The van der Waals surface area contributed by atoms with Crippen molar-refractivity contribution in [2.24, 2.45) is 11.7 Å². The third-order valence-electron chi connectivity index (χ3n) is 2.72. The zero-order valence-electron chi connectivity index (χ0n) is 9.54. The molecule has 1 aromatic carbocycles. The fourth-order valence-corrected chi connectivity index (χ4v) is 1.69. The quantitative estimate of drug-likeness (QED) is 0.791. The van der Waals surface area contributed by atoms with Crippen LogP contribution in [0.2, 0.25) is 0 Å². The molecule has 0 aliphatic carbocycles. The van der Waals surface area contributed by atoms with Gasteiger partial charge in [-0.1, -0.05) is 32.4 Å². The number of rotatable bonds is 5. The molecule has 1 aromatic rings. The van der Waals surface area contributed by atoms with Crippen LogP contribution < -0.4 is 5.73 Å². The van der Waals surface area contributed by atoms with Gasteiger partial charge in [0.2, 0.25) is 0 Å². The molecule has 15 heavy (non-hydrogen) atoms. The largest absolute Gasteiger partial charge is 0.330 e. The van der Waals surface area contributed by atoms with Gasteiger partial charge in [0.1, 0.15) is 5.82 Å². The highest BCUT2D eigenvalue weighted by Gasteiger charge is 2.10. The number of benzene rings is 1. The first-order chi connectivity index (χ1) is 7.13. The summed E-state index contributed by atoms with van der Waals surface area (Å²) in [6.45, 7) is 5.05. The Balaban J connectivity index is 2.61. The van der Waals surface area contributed by atoms with Crippen LogP contribution in [0.15, 0.2) is 24.3 Å². The molecule has 0 aliphatic rings. The van der Waals surface area contributed by atoms with E-state index in [9.17, 15) is 4.39 Å². The third kappa shape index (κ3) is 4.00. The highest BCUT2D eigenvalue weighted by Crippen LogP contribution is 2.22. The molecule has 1 atom stereocenters. The Morgan fingerprint density at radius 3 is 2.20 bits per heavy atom. The fourth-order valence-electron chi connectivity index (χ4n) is 1.69. The lowest BCUT2D eigenvalue weighted by atomic mass is 9.91. The summed E-state index contributed by atoms with van der Waals surface area (Å²) in [6.07, 6.45) is 2.25. The van der Waals surface area contributed by atoms with Crippen LogP contribution in [0.4, 0.5) is 4.39 Å². The predicted molar refractivity (Wildman–Crippen MR) is 62.3 cm³/mol. The first-order valence-corrected chi connectivity index (χ1v) is 5.59. The minimum Gasteiger partial charge on any atom is -0.330 e. The summed E-state index contributed by atoms with van der Waals surface area (Å²) in [5.74, 6) is 0.880. The molecule has 1 unspecified atom stereocenters. The van der Waals surface area contributed by atoms with Crippen molar-refractivity contribution in [2.45, 2.75) is 32.6 Å². The Bertz CT molecular complexity index is 279. The summed E-state index contributed by atoms with van der Waals surface area (Å²) >= 11 is 0. The standard InChI is InChI=1S/C13H20FN/c1-10(2)3-4-12(9-15)11-5-7-13(14)8-6-11/h5-8,10,12H,3-4,9,15H2,1-2H3. The summed E-state index contributed by atoms with van der Waals surface area (Å²) in [5, 5.41) is 0. The summed E-state index contributed by atoms with van der Waals surface area (Å²) < 4.78 is 12.7. The minimum absolute atomic E-state index is 0.182. The highest BCUT2D eigenvalue weighted by atomic mass is 19.1. The van der Waals surface area contributed by atoms with Gasteiger partial charge in [-0.2, -0.15) is 0 Å². The fraction of sp³-hybridized carbons (Fsp3) is 0.538. The third-order valence-corrected chi connectivity index (χ3v) is 2.72. The Labute approximate surface area is 91.5 Å². The smallest absolute Gasteiger partial charge is 0.123 e. The molecule has 2 heteroatoms. The maximum absolute atomic E-state index is 12.7. The van der Waals surface area contributed by atoms with Crippen LogP contribution >= 0.6 is 0 Å². The lowest BCUT2D eigenvalue weighted by Crippen LogP contribution is -2.13. The topological polar surface area (TPSA) is 26.0 Å². The molecule has 0 saturated heterocycles. The lowest BCUT2D eigenvalue weighted by Gasteiger charge is -2.16. The molecule has 0 amide bonds. The Kier molecular flexibility index (Phi) is 4.76. The monoisotopic (exact) mass is 209 g/mol. The van der Waals surface area contributed by atoms with E-state index in [1.165, 1.54) is 18.6 Å². The van der Waals surface area contributed by atoms with Crippen molar-refractivity contribution in [3.63, 3.8) is 0 Å². The van der Waals surface area contributed by atoms with Crippen molar-refractivity contribution in [2.75, 3.05) is 6.54 Å². The van der Waals surface area contributed by atoms with Gasteiger partial charge in [-0.05, 0) is 42.5 Å². The van der Waals surface area contributed by atoms with Crippen molar-refractivity contribution in [1.29, 1.82) is 0 Å². The second-order valence-corrected chi connectivity index (χ2v) is 4.46. The molecule has 2 N–H and O–H groups in total. The number of halogens is 1. The SMILES string of the molecule is CC(C)CCC(CN)c1ccc(F)cc1. The van der Waals surface area contributed by atoms with Gasteiger partial charge in [-0.3, -0.25) is 0 Å². The Morgan fingerprint density at radius 1 is 1.13 bits per heavy atom. The molecule has 0 radical (unpaired) electrons. The molecular weight excluding hydrogens is 189 g/mol. The zero-order chi connectivity index (χ0) is 11.3. The van der Waals surface area contributed by atoms with Crippen molar-refractivity contribution in [3.05, 3.63) is 35.6 Å². The van der Waals surface area contributed by atoms with Crippen LogP contribution in [-0.4, -0.2) is 6.54 Å². The molecule has 1 rings (SSSR count). The molecule has 1 nitrogen and oxygen atoms in total. The molecule has 0 bridgehead atoms. The summed E-state index contributed by atoms with van der Waals surface area (Å²) in [5.41, 5.74) is 6.89. The van der Waals surface area contributed by atoms with E-state index in [1.807, 2.05) is 12.1 Å². The first kappa shape index (κ1) is 12.2. The van der Waals surface area contributed by atoms with Crippen molar-refractivity contribution in [1.82, 2.24) is 0 Å². The molecule has 84 valence electrons. The van der Waals surface area contributed by atoms with Crippen LogP contribution in [-0.2, 0) is 0 Å². The van der Waals surface area contributed by atoms with Crippen LogP contribution in [0.1, 0.15) is 38.2 Å². The minimum atomic E-state index is -0.182. The molecule has 0 aromatic heterocycles.